The minimum atomic E-state index is -0.490. The van der Waals surface area contributed by atoms with Crippen LogP contribution >= 0.6 is 0 Å². The quantitative estimate of drug-likeness (QED) is 0.478. The number of carbonyl (C=O) groups excluding carboxylic acids is 2. The van der Waals surface area contributed by atoms with E-state index in [1.165, 1.54) is 12.1 Å². The Balaban J connectivity index is 1.75. The Kier molecular flexibility index (Phi) is 7.81. The summed E-state index contributed by atoms with van der Waals surface area (Å²) in [6, 6.07) is 11.6. The van der Waals surface area contributed by atoms with E-state index >= 15 is 0 Å². The third-order valence-corrected chi connectivity index (χ3v) is 5.76. The molecule has 1 unspecified atom stereocenters. The number of anilines is 1. The van der Waals surface area contributed by atoms with Gasteiger partial charge in [-0.2, -0.15) is 0 Å². The van der Waals surface area contributed by atoms with E-state index in [1.807, 2.05) is 19.9 Å². The zero-order chi connectivity index (χ0) is 23.1. The van der Waals surface area contributed by atoms with Crippen molar-refractivity contribution in [3.63, 3.8) is 0 Å². The summed E-state index contributed by atoms with van der Waals surface area (Å²) < 4.78 is 0. The molecule has 8 heteroatoms. The second-order valence-corrected chi connectivity index (χ2v) is 8.17. The maximum Gasteiger partial charge on any atom is 0.270 e. The molecule has 8 nitrogen and oxygen atoms in total. The molecule has 3 rings (SSSR count). The first kappa shape index (κ1) is 23.2. The molecular weight excluding hydrogens is 408 g/mol. The van der Waals surface area contributed by atoms with E-state index in [0.717, 1.165) is 50.0 Å². The van der Waals surface area contributed by atoms with Gasteiger partial charge in [0.15, 0.2) is 0 Å². The first-order valence-electron chi connectivity index (χ1n) is 11.1. The zero-order valence-corrected chi connectivity index (χ0v) is 18.6. The summed E-state index contributed by atoms with van der Waals surface area (Å²) in [7, 11) is 0. The molecule has 1 aliphatic heterocycles. The lowest BCUT2D eigenvalue weighted by atomic mass is 10.1. The average molecular weight is 439 g/mol. The third kappa shape index (κ3) is 5.84. The van der Waals surface area contributed by atoms with Crippen LogP contribution in [0.25, 0.3) is 0 Å². The second-order valence-electron chi connectivity index (χ2n) is 8.17. The number of carbonyl (C=O) groups is 2. The van der Waals surface area contributed by atoms with Gasteiger partial charge in [-0.25, -0.2) is 0 Å². The lowest BCUT2D eigenvalue weighted by molar-refractivity contribution is -0.384. The fraction of sp³-hybridized carbons (Fsp3) is 0.417. The standard InChI is InChI=1S/C24H30N4O4/c1-3-17(2)26-23(29)19-9-7-8-18(14-19)16-25-24(30)21-15-20(28(31)32)10-11-22(21)27-12-5-4-6-13-27/h7-11,14-15,17H,3-6,12-13,16H2,1-2H3,(H,25,30)(H,26,29). The molecule has 1 saturated heterocycles. The highest BCUT2D eigenvalue weighted by Gasteiger charge is 2.22. The molecule has 0 spiro atoms. The third-order valence-electron chi connectivity index (χ3n) is 5.76. The van der Waals surface area contributed by atoms with Crippen molar-refractivity contribution in [2.24, 2.45) is 0 Å². The summed E-state index contributed by atoms with van der Waals surface area (Å²) in [5, 5.41) is 17.1. The number of amides is 2. The number of nitrogens with one attached hydrogen (secondary N) is 2. The predicted octanol–water partition coefficient (Wildman–Crippen LogP) is 4.04. The van der Waals surface area contributed by atoms with Crippen LogP contribution in [0.3, 0.4) is 0 Å². The summed E-state index contributed by atoms with van der Waals surface area (Å²) in [5.41, 5.74) is 2.21. The molecule has 32 heavy (non-hydrogen) atoms. The highest BCUT2D eigenvalue weighted by molar-refractivity contribution is 6.00. The van der Waals surface area contributed by atoms with Crippen LogP contribution in [0.15, 0.2) is 42.5 Å². The van der Waals surface area contributed by atoms with E-state index in [9.17, 15) is 19.7 Å². The van der Waals surface area contributed by atoms with Gasteiger partial charge in [0, 0.05) is 43.4 Å². The van der Waals surface area contributed by atoms with Crippen LogP contribution in [-0.2, 0) is 6.54 Å². The first-order chi connectivity index (χ1) is 15.4. The van der Waals surface area contributed by atoms with Gasteiger partial charge in [-0.3, -0.25) is 19.7 Å². The predicted molar refractivity (Wildman–Crippen MR) is 124 cm³/mol. The number of hydrogen-bond donors (Lipinski definition) is 2. The zero-order valence-electron chi connectivity index (χ0n) is 18.6. The smallest absolute Gasteiger partial charge is 0.270 e. The highest BCUT2D eigenvalue weighted by atomic mass is 16.6. The van der Waals surface area contributed by atoms with Crippen LogP contribution in [0.1, 0.15) is 65.8 Å². The number of nitro groups is 1. The van der Waals surface area contributed by atoms with Crippen molar-refractivity contribution in [1.82, 2.24) is 10.6 Å². The van der Waals surface area contributed by atoms with Crippen LogP contribution in [-0.4, -0.2) is 35.9 Å². The average Bonchev–Trinajstić information content (AvgIpc) is 2.82. The molecule has 1 atom stereocenters. The van der Waals surface area contributed by atoms with Gasteiger partial charge in [-0.15, -0.1) is 0 Å². The number of nitrogens with zero attached hydrogens (tertiary/aromatic N) is 2. The SMILES string of the molecule is CCC(C)NC(=O)c1cccc(CNC(=O)c2cc([N+](=O)[O-])ccc2N2CCCCC2)c1. The summed E-state index contributed by atoms with van der Waals surface area (Å²) in [6.07, 6.45) is 4.04. The van der Waals surface area contributed by atoms with E-state index < -0.39 is 4.92 Å². The van der Waals surface area contributed by atoms with E-state index in [4.69, 9.17) is 0 Å². The van der Waals surface area contributed by atoms with Crippen molar-refractivity contribution in [3.05, 3.63) is 69.3 Å². The van der Waals surface area contributed by atoms with Gasteiger partial charge in [0.25, 0.3) is 17.5 Å². The normalized spacial score (nSPS) is 14.5. The maximum absolute atomic E-state index is 13.0. The van der Waals surface area contributed by atoms with Crippen molar-refractivity contribution in [1.29, 1.82) is 0 Å². The van der Waals surface area contributed by atoms with Gasteiger partial charge in [0.2, 0.25) is 0 Å². The van der Waals surface area contributed by atoms with Crippen LogP contribution in [0.5, 0.6) is 0 Å². The summed E-state index contributed by atoms with van der Waals surface area (Å²) in [5.74, 6) is -0.526. The van der Waals surface area contributed by atoms with Crippen molar-refractivity contribution in [2.75, 3.05) is 18.0 Å². The molecule has 2 aromatic carbocycles. The van der Waals surface area contributed by atoms with E-state index in [2.05, 4.69) is 15.5 Å². The molecule has 1 aliphatic rings. The van der Waals surface area contributed by atoms with Crippen LogP contribution in [0.2, 0.25) is 0 Å². The maximum atomic E-state index is 13.0. The second kappa shape index (κ2) is 10.7. The molecular formula is C24H30N4O4. The van der Waals surface area contributed by atoms with Gasteiger partial charge in [0.05, 0.1) is 16.2 Å². The molecule has 0 bridgehead atoms. The lowest BCUT2D eigenvalue weighted by Gasteiger charge is -2.30. The Morgan fingerprint density at radius 1 is 1.09 bits per heavy atom. The Bertz CT molecular complexity index is 986. The summed E-state index contributed by atoms with van der Waals surface area (Å²) in [6.45, 7) is 5.81. The largest absolute Gasteiger partial charge is 0.371 e. The summed E-state index contributed by atoms with van der Waals surface area (Å²) in [4.78, 5) is 38.3. The monoisotopic (exact) mass is 438 g/mol. The highest BCUT2D eigenvalue weighted by Crippen LogP contribution is 2.28. The number of hydrogen-bond acceptors (Lipinski definition) is 5. The van der Waals surface area contributed by atoms with Crippen molar-refractivity contribution in [3.8, 4) is 0 Å². The number of nitro benzene ring substituents is 1. The van der Waals surface area contributed by atoms with E-state index in [0.29, 0.717) is 11.1 Å². The molecule has 0 aromatic heterocycles. The Hall–Kier alpha value is -3.42. The van der Waals surface area contributed by atoms with Gasteiger partial charge in [-0.05, 0) is 56.4 Å². The Morgan fingerprint density at radius 2 is 1.84 bits per heavy atom. The van der Waals surface area contributed by atoms with Gasteiger partial charge < -0.3 is 15.5 Å². The van der Waals surface area contributed by atoms with Crippen LogP contribution < -0.4 is 15.5 Å². The lowest BCUT2D eigenvalue weighted by Crippen LogP contribution is -2.33. The van der Waals surface area contributed by atoms with Crippen molar-refractivity contribution in [2.45, 2.75) is 52.1 Å². The first-order valence-corrected chi connectivity index (χ1v) is 11.1. The van der Waals surface area contributed by atoms with Gasteiger partial charge in [0.1, 0.15) is 0 Å². The molecule has 0 aliphatic carbocycles. The molecule has 2 N–H and O–H groups in total. The molecule has 1 heterocycles. The topological polar surface area (TPSA) is 105 Å². The number of rotatable bonds is 8. The number of piperidine rings is 1. The summed E-state index contributed by atoms with van der Waals surface area (Å²) >= 11 is 0. The van der Waals surface area contributed by atoms with E-state index in [1.54, 1.807) is 24.3 Å². The fourth-order valence-corrected chi connectivity index (χ4v) is 3.74. The number of non-ortho nitro benzene ring substituents is 1. The van der Waals surface area contributed by atoms with Crippen molar-refractivity contribution >= 4 is 23.2 Å². The van der Waals surface area contributed by atoms with Gasteiger partial charge >= 0.3 is 0 Å². The molecule has 0 saturated carbocycles. The molecule has 170 valence electrons. The molecule has 1 fully saturated rings. The van der Waals surface area contributed by atoms with E-state index in [-0.39, 0.29) is 30.1 Å². The Morgan fingerprint density at radius 3 is 2.53 bits per heavy atom. The molecule has 0 radical (unpaired) electrons. The van der Waals surface area contributed by atoms with Gasteiger partial charge in [-0.1, -0.05) is 19.1 Å². The van der Waals surface area contributed by atoms with Crippen LogP contribution in [0.4, 0.5) is 11.4 Å². The Labute approximate surface area is 188 Å². The minimum absolute atomic E-state index is 0.0768. The fourth-order valence-electron chi connectivity index (χ4n) is 3.74. The number of benzene rings is 2. The molecule has 2 amide bonds. The minimum Gasteiger partial charge on any atom is -0.371 e. The molecule has 2 aromatic rings. The van der Waals surface area contributed by atoms with Crippen molar-refractivity contribution < 1.29 is 14.5 Å². The van der Waals surface area contributed by atoms with Crippen LogP contribution in [0, 0.1) is 10.1 Å².